The van der Waals surface area contributed by atoms with E-state index in [2.05, 4.69) is 151 Å². The van der Waals surface area contributed by atoms with Gasteiger partial charge < -0.3 is 42.7 Å². The van der Waals surface area contributed by atoms with Crippen molar-refractivity contribution in [2.45, 2.75) is 230 Å². The summed E-state index contributed by atoms with van der Waals surface area (Å²) < 4.78 is 58.0. The highest BCUT2D eigenvalue weighted by Gasteiger charge is 2.71. The number of ketones is 1. The van der Waals surface area contributed by atoms with Crippen LogP contribution in [-0.4, -0.2) is 80.8 Å². The molecule has 24 atom stereocenters. The largest absolute Gasteiger partial charge is 0.374 e. The lowest BCUT2D eigenvalue weighted by molar-refractivity contribution is -0.384. The number of carbonyl (C=O) groups excluding carboxylic acids is 2. The molecule has 3 saturated heterocycles. The predicted molar refractivity (Wildman–Crippen MR) is 333 cm³/mol. The van der Waals surface area contributed by atoms with E-state index in [1.54, 1.807) is 5.57 Å². The Morgan fingerprint density at radius 1 is 0.612 bits per heavy atom. The minimum atomic E-state index is -0.947. The number of carbonyl (C=O) groups is 2. The van der Waals surface area contributed by atoms with Crippen LogP contribution in [0.25, 0.3) is 0 Å². The number of aldehydes is 1. The van der Waals surface area contributed by atoms with Gasteiger partial charge in [0.15, 0.2) is 18.9 Å². The van der Waals surface area contributed by atoms with Gasteiger partial charge in [-0.25, -0.2) is 0 Å². The average molecular weight is 1170 g/mol. The summed E-state index contributed by atoms with van der Waals surface area (Å²) in [6.45, 7) is 34.5. The molecule has 8 aliphatic rings. The van der Waals surface area contributed by atoms with E-state index in [0.29, 0.717) is 68.7 Å². The van der Waals surface area contributed by atoms with Gasteiger partial charge in [0.2, 0.25) is 0 Å². The monoisotopic (exact) mass is 1170 g/mol. The smallest absolute Gasteiger partial charge is 0.187 e. The quantitative estimate of drug-likeness (QED) is 0.0736. The molecule has 3 aromatic rings. The van der Waals surface area contributed by atoms with Gasteiger partial charge in [-0.15, -0.1) is 0 Å². The van der Waals surface area contributed by atoms with Gasteiger partial charge in [-0.3, -0.25) is 4.79 Å². The maximum Gasteiger partial charge on any atom is 0.187 e. The summed E-state index contributed by atoms with van der Waals surface area (Å²) in [5.41, 5.74) is 3.72. The molecule has 0 amide bonds. The van der Waals surface area contributed by atoms with Crippen molar-refractivity contribution >= 4 is 12.1 Å². The van der Waals surface area contributed by atoms with Crippen LogP contribution in [0.2, 0.25) is 0 Å². The number of ether oxygens (including phenoxy) is 8. The number of benzene rings is 3. The fraction of sp³-hybridized carbons (Fsp3) is 0.707. The normalized spacial score (nSPS) is 45.0. The molecule has 11 rings (SSSR count). The molecule has 10 nitrogen and oxygen atoms in total. The van der Waals surface area contributed by atoms with Crippen LogP contribution in [-0.2, 0) is 67.1 Å². The third kappa shape index (κ3) is 11.4. The Morgan fingerprint density at radius 3 is 1.89 bits per heavy atom. The van der Waals surface area contributed by atoms with Crippen LogP contribution >= 0.6 is 0 Å². The summed E-state index contributed by atoms with van der Waals surface area (Å²) in [7, 11) is 0. The van der Waals surface area contributed by atoms with Crippen molar-refractivity contribution in [2.75, 3.05) is 13.2 Å². The predicted octanol–water partition coefficient (Wildman–Crippen LogP) is 15.6. The molecular weight excluding hydrogens is 1060 g/mol. The summed E-state index contributed by atoms with van der Waals surface area (Å²) >= 11 is 0. The van der Waals surface area contributed by atoms with Crippen LogP contribution in [0, 0.1) is 91.7 Å². The van der Waals surface area contributed by atoms with Crippen LogP contribution < -0.4 is 0 Å². The Morgan fingerprint density at radius 2 is 1.24 bits per heavy atom. The molecule has 85 heavy (non-hydrogen) atoms. The summed E-state index contributed by atoms with van der Waals surface area (Å²) in [4.78, 5) is 28.7. The first-order valence-electron chi connectivity index (χ1n) is 33.4. The second-order valence-electron chi connectivity index (χ2n) is 30.8. The number of hydrogen-bond acceptors (Lipinski definition) is 10. The van der Waals surface area contributed by atoms with Gasteiger partial charge in [0, 0.05) is 17.3 Å². The summed E-state index contributed by atoms with van der Waals surface area (Å²) in [6.07, 6.45) is 7.97. The molecule has 0 bridgehead atoms. The molecule has 0 aromatic heterocycles. The molecule has 4 saturated carbocycles. The van der Waals surface area contributed by atoms with Crippen molar-refractivity contribution in [1.82, 2.24) is 0 Å². The standard InChI is InChI=1S/C75H106O10/c1-46-41-80-67(51(6)48(46)3)84-64-52(7)59(38-54-24-18-15-19-25-54)81-69(66(64)85-68-65(79-43-56-28-22-17-23-29-56)50(5)49(4)60(82-68)44-78-42-55-26-20-16-21-27-55)83-63-33-34-71(11)61(72(63,12)45-76)32-35-73(13)62(71)31-30-57-58-40-70(9,10)36-37-75(58,53(8)77)47(2)39-74(57,73)14/h15-30,45-52,58-69H,31-44H2,1-14H3/t46-,47?,48+,49-,50+,51?,52-,58?,59?,60?,61-,62?,63+,64+,65?,66?,67+,68+,69+,71?,72-,73+,74-,75-/m1/s1. The number of Topliss-reactive ketones (excluding diaryl/α,β-unsaturated/α-hetero) is 1. The molecule has 3 aliphatic heterocycles. The summed E-state index contributed by atoms with van der Waals surface area (Å²) in [5.74, 6) is 2.10. The van der Waals surface area contributed by atoms with Crippen LogP contribution in [0.3, 0.4) is 0 Å². The second-order valence-corrected chi connectivity index (χ2v) is 30.8. The lowest BCUT2D eigenvalue weighted by Crippen LogP contribution is -2.67. The lowest BCUT2D eigenvalue weighted by Gasteiger charge is -2.72. The minimum absolute atomic E-state index is 0.00525. The Hall–Kier alpha value is -3.58. The zero-order valence-corrected chi connectivity index (χ0v) is 54.3. The fourth-order valence-electron chi connectivity index (χ4n) is 19.5. The maximum absolute atomic E-state index is 14.6. The van der Waals surface area contributed by atoms with Gasteiger partial charge in [-0.05, 0) is 157 Å². The van der Waals surface area contributed by atoms with E-state index in [1.165, 1.54) is 6.29 Å². The van der Waals surface area contributed by atoms with Crippen molar-refractivity contribution in [2.24, 2.45) is 91.7 Å². The van der Waals surface area contributed by atoms with Gasteiger partial charge in [0.05, 0.1) is 56.3 Å². The summed E-state index contributed by atoms with van der Waals surface area (Å²) in [6, 6.07) is 31.2. The number of hydrogen-bond donors (Lipinski definition) is 0. The average Bonchev–Trinajstić information content (AvgIpc) is 0.802. The highest BCUT2D eigenvalue weighted by molar-refractivity contribution is 5.84. The van der Waals surface area contributed by atoms with Crippen LogP contribution in [0.4, 0.5) is 0 Å². The van der Waals surface area contributed by atoms with Crippen molar-refractivity contribution < 1.29 is 47.5 Å². The van der Waals surface area contributed by atoms with E-state index in [0.717, 1.165) is 68.1 Å². The maximum atomic E-state index is 14.6. The van der Waals surface area contributed by atoms with E-state index in [-0.39, 0.29) is 74.8 Å². The molecule has 7 fully saturated rings. The molecule has 0 radical (unpaired) electrons. The van der Waals surface area contributed by atoms with E-state index < -0.39 is 48.7 Å². The molecule has 0 N–H and O–H groups in total. The highest BCUT2D eigenvalue weighted by Crippen LogP contribution is 2.77. The first-order valence-corrected chi connectivity index (χ1v) is 33.4. The van der Waals surface area contributed by atoms with E-state index in [4.69, 9.17) is 37.9 Å². The number of fused-ring (bicyclic) bond motifs is 7. The third-order valence-electron chi connectivity index (χ3n) is 25.7. The van der Waals surface area contributed by atoms with E-state index in [9.17, 15) is 9.59 Å². The molecule has 3 aromatic carbocycles. The van der Waals surface area contributed by atoms with Crippen molar-refractivity contribution in [3.8, 4) is 0 Å². The highest BCUT2D eigenvalue weighted by atomic mass is 16.8. The minimum Gasteiger partial charge on any atom is -0.374 e. The fourth-order valence-corrected chi connectivity index (χ4v) is 19.5. The molecule has 5 aliphatic carbocycles. The summed E-state index contributed by atoms with van der Waals surface area (Å²) in [5, 5.41) is 0. The molecule has 466 valence electrons. The third-order valence-corrected chi connectivity index (χ3v) is 25.7. The van der Waals surface area contributed by atoms with Crippen molar-refractivity contribution in [3.63, 3.8) is 0 Å². The Balaban J connectivity index is 0.946. The molecule has 10 heteroatoms. The Kier molecular flexibility index (Phi) is 18.3. The van der Waals surface area contributed by atoms with E-state index >= 15 is 0 Å². The molecule has 9 unspecified atom stereocenters. The first-order chi connectivity index (χ1) is 40.5. The van der Waals surface area contributed by atoms with Crippen molar-refractivity contribution in [3.05, 3.63) is 119 Å². The van der Waals surface area contributed by atoms with Gasteiger partial charge >= 0.3 is 0 Å². The van der Waals surface area contributed by atoms with Crippen LogP contribution in [0.5, 0.6) is 0 Å². The number of allylic oxidation sites excluding steroid dienone is 2. The molecule has 3 heterocycles. The van der Waals surface area contributed by atoms with Gasteiger partial charge in [0.25, 0.3) is 0 Å². The van der Waals surface area contributed by atoms with Crippen LogP contribution in [0.15, 0.2) is 103 Å². The van der Waals surface area contributed by atoms with Gasteiger partial charge in [-0.1, -0.05) is 193 Å². The number of rotatable bonds is 17. The lowest BCUT2D eigenvalue weighted by atomic mass is 9.32. The van der Waals surface area contributed by atoms with E-state index in [1.807, 2.05) is 43.3 Å². The SMILES string of the molecule is CC(=O)[C@]12CCC(C)(C)CC1C1=CCC3C4(C)CC[C@H](O[C@@H]5OC(Cc6ccccc6)[C@@H](C)[C@H](O[C@@H]6OC[C@@H](C)[C@H](C)C6C)C5O[C@@H]5OC(COCc6ccccc6)[C@H](C)[C@H](C)C5OCc5ccccc5)[C@](C)(C=O)[C@@H]4CC[C@]3(C)[C@]1(C)CC2C. The Labute approximate surface area is 511 Å². The zero-order chi connectivity index (χ0) is 60.4. The Bertz CT molecular complexity index is 2790. The molecular formula is C75H106O10. The van der Waals surface area contributed by atoms with Crippen LogP contribution in [0.1, 0.15) is 171 Å². The second kappa shape index (κ2) is 24.7. The van der Waals surface area contributed by atoms with Gasteiger partial charge in [0.1, 0.15) is 24.3 Å². The van der Waals surface area contributed by atoms with Gasteiger partial charge in [-0.2, -0.15) is 0 Å². The van der Waals surface area contributed by atoms with Crippen molar-refractivity contribution in [1.29, 1.82) is 0 Å². The molecule has 0 spiro atoms. The first kappa shape index (κ1) is 63.0. The zero-order valence-electron chi connectivity index (χ0n) is 54.3. The topological polar surface area (TPSA) is 108 Å².